The van der Waals surface area contributed by atoms with Crippen LogP contribution >= 0.6 is 11.3 Å². The van der Waals surface area contributed by atoms with Crippen LogP contribution in [-0.4, -0.2) is 0 Å². The summed E-state index contributed by atoms with van der Waals surface area (Å²) < 4.78 is 0. The van der Waals surface area contributed by atoms with Crippen LogP contribution < -0.4 is 5.73 Å². The predicted octanol–water partition coefficient (Wildman–Crippen LogP) is 3.90. The van der Waals surface area contributed by atoms with Crippen molar-refractivity contribution >= 4 is 11.3 Å². The van der Waals surface area contributed by atoms with Crippen LogP contribution in [0.25, 0.3) is 0 Å². The number of fused-ring (bicyclic) bond motifs is 1. The highest BCUT2D eigenvalue weighted by Gasteiger charge is 2.17. The van der Waals surface area contributed by atoms with Gasteiger partial charge in [0.2, 0.25) is 0 Å². The molecule has 1 aliphatic carbocycles. The molecule has 0 saturated carbocycles. The van der Waals surface area contributed by atoms with Crippen LogP contribution in [0.5, 0.6) is 0 Å². The van der Waals surface area contributed by atoms with Gasteiger partial charge in [-0.3, -0.25) is 0 Å². The van der Waals surface area contributed by atoms with Crippen molar-refractivity contribution in [2.24, 2.45) is 5.73 Å². The van der Waals surface area contributed by atoms with Gasteiger partial charge in [0.25, 0.3) is 0 Å². The standard InChI is InChI=1S/C16H19NS/c1-10-8-11(2)18-16(10)15(17)14-7-6-12-4-3-5-13(12)9-14/h6-9,15H,3-5,17H2,1-2H3. The molecule has 1 heterocycles. The first-order valence-corrected chi connectivity index (χ1v) is 7.41. The fourth-order valence-corrected chi connectivity index (χ4v) is 3.97. The third-order valence-corrected chi connectivity index (χ3v) is 5.08. The summed E-state index contributed by atoms with van der Waals surface area (Å²) in [6.07, 6.45) is 3.76. The number of thiophene rings is 1. The molecule has 2 heteroatoms. The van der Waals surface area contributed by atoms with Crippen LogP contribution in [0.15, 0.2) is 24.3 Å². The van der Waals surface area contributed by atoms with Crippen LogP contribution in [0.4, 0.5) is 0 Å². The Morgan fingerprint density at radius 1 is 1.11 bits per heavy atom. The lowest BCUT2D eigenvalue weighted by molar-refractivity contribution is 0.880. The van der Waals surface area contributed by atoms with E-state index in [4.69, 9.17) is 5.73 Å². The number of hydrogen-bond donors (Lipinski definition) is 1. The molecule has 1 aromatic heterocycles. The topological polar surface area (TPSA) is 26.0 Å². The van der Waals surface area contributed by atoms with E-state index in [0.29, 0.717) is 0 Å². The van der Waals surface area contributed by atoms with Crippen LogP contribution in [0.2, 0.25) is 0 Å². The zero-order valence-corrected chi connectivity index (χ0v) is 11.8. The van der Waals surface area contributed by atoms with Gasteiger partial charge >= 0.3 is 0 Å². The van der Waals surface area contributed by atoms with Gasteiger partial charge in [-0.2, -0.15) is 0 Å². The molecule has 1 aliphatic rings. The van der Waals surface area contributed by atoms with Crippen molar-refractivity contribution in [2.45, 2.75) is 39.2 Å². The Balaban J connectivity index is 1.97. The van der Waals surface area contributed by atoms with E-state index in [1.807, 2.05) is 11.3 Å². The van der Waals surface area contributed by atoms with E-state index >= 15 is 0 Å². The van der Waals surface area contributed by atoms with Gasteiger partial charge in [0, 0.05) is 9.75 Å². The fourth-order valence-electron chi connectivity index (χ4n) is 2.90. The number of benzene rings is 1. The smallest absolute Gasteiger partial charge is 0.0648 e. The first kappa shape index (κ1) is 11.9. The lowest BCUT2D eigenvalue weighted by Crippen LogP contribution is -2.11. The lowest BCUT2D eigenvalue weighted by atomic mass is 9.99. The maximum Gasteiger partial charge on any atom is 0.0648 e. The largest absolute Gasteiger partial charge is 0.320 e. The molecule has 0 spiro atoms. The summed E-state index contributed by atoms with van der Waals surface area (Å²) in [5.74, 6) is 0. The minimum atomic E-state index is 0.0367. The normalized spacial score (nSPS) is 15.7. The predicted molar refractivity (Wildman–Crippen MR) is 78.3 cm³/mol. The summed E-state index contributed by atoms with van der Waals surface area (Å²) in [6.45, 7) is 4.31. The monoisotopic (exact) mass is 257 g/mol. The highest BCUT2D eigenvalue weighted by atomic mass is 32.1. The van der Waals surface area contributed by atoms with Gasteiger partial charge in [0.15, 0.2) is 0 Å². The van der Waals surface area contributed by atoms with Crippen molar-refractivity contribution in [1.82, 2.24) is 0 Å². The quantitative estimate of drug-likeness (QED) is 0.867. The molecule has 3 rings (SSSR count). The van der Waals surface area contributed by atoms with Crippen molar-refractivity contribution in [1.29, 1.82) is 0 Å². The molecule has 0 amide bonds. The molecular weight excluding hydrogens is 238 g/mol. The van der Waals surface area contributed by atoms with E-state index in [9.17, 15) is 0 Å². The summed E-state index contributed by atoms with van der Waals surface area (Å²) in [5.41, 5.74) is 12.1. The summed E-state index contributed by atoms with van der Waals surface area (Å²) in [6, 6.07) is 9.07. The summed E-state index contributed by atoms with van der Waals surface area (Å²) in [7, 11) is 0. The van der Waals surface area contributed by atoms with E-state index in [2.05, 4.69) is 38.1 Å². The van der Waals surface area contributed by atoms with Gasteiger partial charge in [-0.15, -0.1) is 11.3 Å². The molecule has 2 N–H and O–H groups in total. The Bertz CT molecular complexity index is 583. The van der Waals surface area contributed by atoms with Crippen molar-refractivity contribution < 1.29 is 0 Å². The SMILES string of the molecule is Cc1cc(C)c(C(N)c2ccc3c(c2)CCC3)s1. The van der Waals surface area contributed by atoms with E-state index in [1.165, 1.54) is 51.3 Å². The second-order valence-corrected chi connectivity index (χ2v) is 6.55. The Morgan fingerprint density at radius 2 is 1.89 bits per heavy atom. The molecular formula is C16H19NS. The lowest BCUT2D eigenvalue weighted by Gasteiger charge is -2.13. The van der Waals surface area contributed by atoms with E-state index in [0.717, 1.165) is 0 Å². The summed E-state index contributed by atoms with van der Waals surface area (Å²) >= 11 is 1.83. The zero-order valence-electron chi connectivity index (χ0n) is 11.0. The molecule has 1 unspecified atom stereocenters. The Labute approximate surface area is 113 Å². The van der Waals surface area contributed by atoms with Crippen molar-refractivity contribution in [3.63, 3.8) is 0 Å². The van der Waals surface area contributed by atoms with E-state index in [-0.39, 0.29) is 6.04 Å². The number of aryl methyl sites for hydroxylation is 4. The van der Waals surface area contributed by atoms with E-state index < -0.39 is 0 Å². The maximum atomic E-state index is 6.43. The number of nitrogens with two attached hydrogens (primary N) is 1. The molecule has 0 saturated heterocycles. The first-order valence-electron chi connectivity index (χ1n) is 6.59. The molecule has 1 nitrogen and oxygen atoms in total. The minimum Gasteiger partial charge on any atom is -0.320 e. The number of rotatable bonds is 2. The molecule has 0 bridgehead atoms. The average molecular weight is 257 g/mol. The van der Waals surface area contributed by atoms with Gasteiger partial charge in [-0.05, 0) is 61.4 Å². The maximum absolute atomic E-state index is 6.43. The van der Waals surface area contributed by atoms with Crippen LogP contribution in [0, 0.1) is 13.8 Å². The molecule has 2 aromatic rings. The average Bonchev–Trinajstić information content (AvgIpc) is 2.93. The highest BCUT2D eigenvalue weighted by molar-refractivity contribution is 7.12. The van der Waals surface area contributed by atoms with Crippen molar-refractivity contribution in [2.75, 3.05) is 0 Å². The third kappa shape index (κ3) is 2.00. The van der Waals surface area contributed by atoms with Gasteiger partial charge in [0.1, 0.15) is 0 Å². The van der Waals surface area contributed by atoms with Crippen LogP contribution in [0.1, 0.15) is 44.5 Å². The second kappa shape index (κ2) is 4.52. The Hall–Kier alpha value is -1.12. The molecule has 0 aliphatic heterocycles. The number of hydrogen-bond acceptors (Lipinski definition) is 2. The van der Waals surface area contributed by atoms with Crippen LogP contribution in [0.3, 0.4) is 0 Å². The summed E-state index contributed by atoms with van der Waals surface area (Å²) in [4.78, 5) is 2.66. The van der Waals surface area contributed by atoms with Crippen molar-refractivity contribution in [3.05, 3.63) is 56.3 Å². The van der Waals surface area contributed by atoms with Gasteiger partial charge < -0.3 is 5.73 Å². The van der Waals surface area contributed by atoms with E-state index in [1.54, 1.807) is 0 Å². The second-order valence-electron chi connectivity index (χ2n) is 5.26. The van der Waals surface area contributed by atoms with Gasteiger partial charge in [-0.1, -0.05) is 18.2 Å². The molecule has 0 radical (unpaired) electrons. The molecule has 1 aromatic carbocycles. The molecule has 1 atom stereocenters. The molecule has 18 heavy (non-hydrogen) atoms. The van der Waals surface area contributed by atoms with Gasteiger partial charge in [-0.25, -0.2) is 0 Å². The fraction of sp³-hybridized carbons (Fsp3) is 0.375. The Kier molecular flexibility index (Phi) is 3.00. The van der Waals surface area contributed by atoms with Gasteiger partial charge in [0.05, 0.1) is 6.04 Å². The molecule has 0 fully saturated rings. The first-order chi connectivity index (χ1) is 8.65. The third-order valence-electron chi connectivity index (χ3n) is 3.84. The zero-order chi connectivity index (χ0) is 12.7. The van der Waals surface area contributed by atoms with Crippen LogP contribution in [-0.2, 0) is 12.8 Å². The Morgan fingerprint density at radius 3 is 2.61 bits per heavy atom. The summed E-state index contributed by atoms with van der Waals surface area (Å²) in [5, 5.41) is 0. The van der Waals surface area contributed by atoms with Crippen molar-refractivity contribution in [3.8, 4) is 0 Å². The highest BCUT2D eigenvalue weighted by Crippen LogP contribution is 2.32. The molecule has 94 valence electrons. The minimum absolute atomic E-state index is 0.0367.